The summed E-state index contributed by atoms with van der Waals surface area (Å²) in [6, 6.07) is 4.36. The number of halogens is 2. The van der Waals surface area contributed by atoms with Crippen molar-refractivity contribution >= 4 is 11.6 Å². The molecule has 0 radical (unpaired) electrons. The van der Waals surface area contributed by atoms with Crippen LogP contribution < -0.4 is 11.3 Å². The Morgan fingerprint density at radius 3 is 2.81 bits per heavy atom. The van der Waals surface area contributed by atoms with E-state index in [0.717, 1.165) is 12.8 Å². The van der Waals surface area contributed by atoms with Crippen molar-refractivity contribution in [2.45, 2.75) is 37.8 Å². The fourth-order valence-electron chi connectivity index (χ4n) is 2.91. The number of hydrogen-bond acceptors (Lipinski definition) is 4. The molecule has 2 rings (SSSR count). The molecule has 1 unspecified atom stereocenters. The SMILES string of the molecule is CCOC1(C(Cc2cc(Cl)ccc2F)NN)CCOCC1. The first-order valence-electron chi connectivity index (χ1n) is 7.23. The highest BCUT2D eigenvalue weighted by Gasteiger charge is 2.41. The van der Waals surface area contributed by atoms with Crippen LogP contribution >= 0.6 is 11.6 Å². The summed E-state index contributed by atoms with van der Waals surface area (Å²) >= 11 is 5.96. The van der Waals surface area contributed by atoms with Crippen molar-refractivity contribution in [2.24, 2.45) is 5.84 Å². The first-order valence-corrected chi connectivity index (χ1v) is 7.61. The largest absolute Gasteiger partial charge is 0.381 e. The van der Waals surface area contributed by atoms with Gasteiger partial charge in [-0.25, -0.2) is 4.39 Å². The van der Waals surface area contributed by atoms with Gasteiger partial charge in [-0.1, -0.05) is 11.6 Å². The number of hydrazine groups is 1. The van der Waals surface area contributed by atoms with Crippen LogP contribution in [0.15, 0.2) is 18.2 Å². The summed E-state index contributed by atoms with van der Waals surface area (Å²) in [4.78, 5) is 0. The van der Waals surface area contributed by atoms with Gasteiger partial charge in [-0.3, -0.25) is 11.3 Å². The van der Waals surface area contributed by atoms with E-state index < -0.39 is 5.60 Å². The monoisotopic (exact) mass is 316 g/mol. The molecule has 0 spiro atoms. The Morgan fingerprint density at radius 1 is 1.48 bits per heavy atom. The Balaban J connectivity index is 2.22. The first-order chi connectivity index (χ1) is 10.1. The molecule has 0 aliphatic carbocycles. The van der Waals surface area contributed by atoms with Crippen LogP contribution in [0.25, 0.3) is 0 Å². The van der Waals surface area contributed by atoms with Gasteiger partial charge in [-0.2, -0.15) is 0 Å². The highest BCUT2D eigenvalue weighted by molar-refractivity contribution is 6.30. The number of hydrogen-bond donors (Lipinski definition) is 2. The summed E-state index contributed by atoms with van der Waals surface area (Å²) in [6.07, 6.45) is 1.89. The second kappa shape index (κ2) is 7.51. The summed E-state index contributed by atoms with van der Waals surface area (Å²) in [5.74, 6) is 5.45. The number of nitrogens with one attached hydrogen (secondary N) is 1. The lowest BCUT2D eigenvalue weighted by molar-refractivity contribution is -0.126. The number of rotatable bonds is 6. The van der Waals surface area contributed by atoms with E-state index in [1.54, 1.807) is 6.07 Å². The van der Waals surface area contributed by atoms with Crippen LogP contribution in [0.1, 0.15) is 25.3 Å². The molecule has 1 fully saturated rings. The van der Waals surface area contributed by atoms with Crippen LogP contribution in [0.4, 0.5) is 4.39 Å². The second-order valence-corrected chi connectivity index (χ2v) is 5.71. The number of ether oxygens (including phenoxy) is 2. The summed E-state index contributed by atoms with van der Waals surface area (Å²) in [5, 5.41) is 0.514. The van der Waals surface area contributed by atoms with Crippen LogP contribution in [0.3, 0.4) is 0 Å². The van der Waals surface area contributed by atoms with Gasteiger partial charge in [0, 0.05) is 37.7 Å². The average Bonchev–Trinajstić information content (AvgIpc) is 2.49. The summed E-state index contributed by atoms with van der Waals surface area (Å²) in [7, 11) is 0. The Bertz CT molecular complexity index is 461. The Labute approximate surface area is 129 Å². The van der Waals surface area contributed by atoms with Gasteiger partial charge in [0.05, 0.1) is 11.6 Å². The van der Waals surface area contributed by atoms with Crippen molar-refractivity contribution in [3.8, 4) is 0 Å². The van der Waals surface area contributed by atoms with Gasteiger partial charge in [-0.05, 0) is 37.1 Å². The van der Waals surface area contributed by atoms with Crippen molar-refractivity contribution < 1.29 is 13.9 Å². The molecule has 0 saturated carbocycles. The zero-order valence-corrected chi connectivity index (χ0v) is 13.0. The fraction of sp³-hybridized carbons (Fsp3) is 0.600. The van der Waals surface area contributed by atoms with Crippen LogP contribution in [0.2, 0.25) is 5.02 Å². The normalized spacial score (nSPS) is 19.4. The van der Waals surface area contributed by atoms with Crippen molar-refractivity contribution in [1.29, 1.82) is 0 Å². The molecule has 1 aromatic carbocycles. The van der Waals surface area contributed by atoms with Crippen LogP contribution in [-0.4, -0.2) is 31.5 Å². The van der Waals surface area contributed by atoms with Crippen LogP contribution in [-0.2, 0) is 15.9 Å². The third-order valence-electron chi connectivity index (χ3n) is 4.04. The van der Waals surface area contributed by atoms with E-state index >= 15 is 0 Å². The maximum absolute atomic E-state index is 14.0. The molecule has 6 heteroatoms. The van der Waals surface area contributed by atoms with Crippen molar-refractivity contribution in [2.75, 3.05) is 19.8 Å². The average molecular weight is 317 g/mol. The summed E-state index contributed by atoms with van der Waals surface area (Å²) in [5.41, 5.74) is 2.91. The molecule has 0 bridgehead atoms. The molecule has 4 nitrogen and oxygen atoms in total. The van der Waals surface area contributed by atoms with Crippen LogP contribution in [0.5, 0.6) is 0 Å². The zero-order chi connectivity index (χ0) is 15.3. The Morgan fingerprint density at radius 2 is 2.19 bits per heavy atom. The van der Waals surface area contributed by atoms with E-state index in [1.165, 1.54) is 12.1 Å². The molecule has 1 saturated heterocycles. The number of benzene rings is 1. The van der Waals surface area contributed by atoms with Gasteiger partial charge < -0.3 is 9.47 Å². The molecule has 0 aromatic heterocycles. The highest BCUT2D eigenvalue weighted by atomic mass is 35.5. The lowest BCUT2D eigenvalue weighted by Crippen LogP contribution is -2.58. The molecular formula is C15H22ClFN2O2. The van der Waals surface area contributed by atoms with E-state index in [9.17, 15) is 4.39 Å². The van der Waals surface area contributed by atoms with E-state index in [4.69, 9.17) is 26.9 Å². The Hall–Kier alpha value is -0.720. The van der Waals surface area contributed by atoms with E-state index in [2.05, 4.69) is 5.43 Å². The maximum Gasteiger partial charge on any atom is 0.126 e. The quantitative estimate of drug-likeness (QED) is 0.625. The summed E-state index contributed by atoms with van der Waals surface area (Å²) in [6.45, 7) is 3.77. The predicted octanol–water partition coefficient (Wildman–Crippen LogP) is 2.44. The third kappa shape index (κ3) is 3.93. The molecule has 1 aliphatic heterocycles. The summed E-state index contributed by atoms with van der Waals surface area (Å²) < 4.78 is 25.4. The first kappa shape index (κ1) is 16.6. The lowest BCUT2D eigenvalue weighted by Gasteiger charge is -2.43. The second-order valence-electron chi connectivity index (χ2n) is 5.27. The van der Waals surface area contributed by atoms with Gasteiger partial charge in [-0.15, -0.1) is 0 Å². The minimum absolute atomic E-state index is 0.200. The molecule has 21 heavy (non-hydrogen) atoms. The Kier molecular flexibility index (Phi) is 5.96. The molecule has 3 N–H and O–H groups in total. The van der Waals surface area contributed by atoms with Crippen molar-refractivity contribution in [3.63, 3.8) is 0 Å². The highest BCUT2D eigenvalue weighted by Crippen LogP contribution is 2.31. The van der Waals surface area contributed by atoms with Gasteiger partial charge in [0.1, 0.15) is 5.82 Å². The van der Waals surface area contributed by atoms with Gasteiger partial charge >= 0.3 is 0 Å². The standard InChI is InChI=1S/C15H22ClFN2O2/c1-2-21-15(5-7-20-8-6-15)14(19-18)10-11-9-12(16)3-4-13(11)17/h3-4,9,14,19H,2,5-8,10,18H2,1H3. The molecule has 1 atom stereocenters. The van der Waals surface area contributed by atoms with Crippen LogP contribution in [0, 0.1) is 5.82 Å². The van der Waals surface area contributed by atoms with Gasteiger partial charge in [0.25, 0.3) is 0 Å². The predicted molar refractivity (Wildman–Crippen MR) is 80.6 cm³/mol. The van der Waals surface area contributed by atoms with E-state index in [-0.39, 0.29) is 11.9 Å². The molecule has 1 aliphatic rings. The molecular weight excluding hydrogens is 295 g/mol. The molecule has 1 heterocycles. The molecule has 118 valence electrons. The topological polar surface area (TPSA) is 56.5 Å². The van der Waals surface area contributed by atoms with Crippen molar-refractivity contribution in [3.05, 3.63) is 34.6 Å². The zero-order valence-electron chi connectivity index (χ0n) is 12.2. The minimum Gasteiger partial charge on any atom is -0.381 e. The maximum atomic E-state index is 14.0. The fourth-order valence-corrected chi connectivity index (χ4v) is 3.11. The van der Waals surface area contributed by atoms with E-state index in [0.29, 0.717) is 36.8 Å². The lowest BCUT2D eigenvalue weighted by atomic mass is 9.83. The van der Waals surface area contributed by atoms with E-state index in [1.807, 2.05) is 6.92 Å². The van der Waals surface area contributed by atoms with Crippen molar-refractivity contribution in [1.82, 2.24) is 5.43 Å². The number of nitrogens with two attached hydrogens (primary N) is 1. The van der Waals surface area contributed by atoms with Gasteiger partial charge in [0.15, 0.2) is 0 Å². The smallest absolute Gasteiger partial charge is 0.126 e. The molecule has 1 aromatic rings. The molecule has 0 amide bonds. The van der Waals surface area contributed by atoms with Gasteiger partial charge in [0.2, 0.25) is 0 Å². The third-order valence-corrected chi connectivity index (χ3v) is 4.27. The minimum atomic E-state index is -0.434.